The van der Waals surface area contributed by atoms with Crippen molar-refractivity contribution in [2.45, 2.75) is 6.92 Å². The molecule has 0 aliphatic heterocycles. The van der Waals surface area contributed by atoms with Gasteiger partial charge in [0.05, 0.1) is 0 Å². The van der Waals surface area contributed by atoms with Gasteiger partial charge in [0.15, 0.2) is 3.95 Å². The molecule has 0 fully saturated rings. The van der Waals surface area contributed by atoms with E-state index in [0.717, 1.165) is 3.95 Å². The number of hydrogen-bond acceptors (Lipinski definition) is 3. The Kier molecular flexibility index (Phi) is 4.35. The van der Waals surface area contributed by atoms with Crippen LogP contribution in [0.3, 0.4) is 0 Å². The van der Waals surface area contributed by atoms with Gasteiger partial charge in [-0.1, -0.05) is 47.2 Å². The number of nitrogens with zero attached hydrogens (tertiary/aromatic N) is 1. The molecule has 13 heavy (non-hydrogen) atoms. The zero-order valence-corrected chi connectivity index (χ0v) is 8.86. The standard InChI is InChI=1S/C7H8.C2H2N2S2/c1-7-5-3-2-4-6-7;5-2-4-3-1-6-2/h2-6H,1H3;1H,(H,4,5). The monoisotopic (exact) mass is 210 g/mol. The minimum atomic E-state index is 0.731. The van der Waals surface area contributed by atoms with Crippen LogP contribution in [0.1, 0.15) is 5.56 Å². The van der Waals surface area contributed by atoms with E-state index in [9.17, 15) is 0 Å². The van der Waals surface area contributed by atoms with Gasteiger partial charge in [0.1, 0.15) is 5.51 Å². The quantitative estimate of drug-likeness (QED) is 0.676. The summed E-state index contributed by atoms with van der Waals surface area (Å²) in [6.07, 6.45) is 0. The summed E-state index contributed by atoms with van der Waals surface area (Å²) < 4.78 is 0.731. The van der Waals surface area contributed by atoms with Crippen LogP contribution in [0.2, 0.25) is 0 Å². The smallest absolute Gasteiger partial charge is 0.176 e. The molecule has 0 bridgehead atoms. The molecule has 0 saturated heterocycles. The van der Waals surface area contributed by atoms with Crippen LogP contribution in [0.4, 0.5) is 0 Å². The number of hydrogen-bond donors (Lipinski definition) is 1. The van der Waals surface area contributed by atoms with Crippen LogP contribution in [0.15, 0.2) is 35.8 Å². The van der Waals surface area contributed by atoms with Crippen molar-refractivity contribution in [1.82, 2.24) is 10.2 Å². The van der Waals surface area contributed by atoms with Crippen molar-refractivity contribution in [1.29, 1.82) is 0 Å². The van der Waals surface area contributed by atoms with Gasteiger partial charge >= 0.3 is 0 Å². The van der Waals surface area contributed by atoms with E-state index >= 15 is 0 Å². The van der Waals surface area contributed by atoms with E-state index in [1.807, 2.05) is 18.2 Å². The second-order valence-electron chi connectivity index (χ2n) is 2.41. The molecule has 0 aliphatic rings. The third kappa shape index (κ3) is 4.55. The first-order valence-electron chi connectivity index (χ1n) is 3.79. The third-order valence-electron chi connectivity index (χ3n) is 1.31. The highest BCUT2D eigenvalue weighted by molar-refractivity contribution is 7.73. The number of aromatic amines is 1. The molecule has 0 spiro atoms. The number of aryl methyl sites for hydroxylation is 1. The highest BCUT2D eigenvalue weighted by atomic mass is 32.1. The summed E-state index contributed by atoms with van der Waals surface area (Å²) in [5.41, 5.74) is 2.99. The van der Waals surface area contributed by atoms with Crippen molar-refractivity contribution >= 4 is 23.6 Å². The minimum absolute atomic E-state index is 0.731. The summed E-state index contributed by atoms with van der Waals surface area (Å²) in [6.45, 7) is 2.08. The van der Waals surface area contributed by atoms with Gasteiger partial charge in [0.25, 0.3) is 0 Å². The van der Waals surface area contributed by atoms with E-state index in [0.29, 0.717) is 0 Å². The molecule has 0 saturated carbocycles. The second-order valence-corrected chi connectivity index (χ2v) is 3.93. The fourth-order valence-corrected chi connectivity index (χ4v) is 1.20. The van der Waals surface area contributed by atoms with E-state index in [1.165, 1.54) is 16.9 Å². The summed E-state index contributed by atoms with van der Waals surface area (Å²) in [5.74, 6) is 0. The largest absolute Gasteiger partial charge is 0.258 e. The maximum atomic E-state index is 4.65. The number of aromatic nitrogens is 2. The zero-order valence-electron chi connectivity index (χ0n) is 7.23. The molecule has 0 unspecified atom stereocenters. The molecule has 2 nitrogen and oxygen atoms in total. The van der Waals surface area contributed by atoms with Gasteiger partial charge in [-0.25, -0.2) is 0 Å². The molecule has 0 aliphatic carbocycles. The molecule has 2 rings (SSSR count). The first-order chi connectivity index (χ1) is 6.29. The van der Waals surface area contributed by atoms with Crippen LogP contribution < -0.4 is 0 Å². The average Bonchev–Trinajstić information content (AvgIpc) is 2.58. The highest BCUT2D eigenvalue weighted by Gasteiger charge is 1.72. The summed E-state index contributed by atoms with van der Waals surface area (Å²) in [5, 5.41) is 6.19. The van der Waals surface area contributed by atoms with Crippen LogP contribution in [0.5, 0.6) is 0 Å². The first kappa shape index (κ1) is 10.1. The van der Waals surface area contributed by atoms with Crippen LogP contribution in [-0.2, 0) is 0 Å². The van der Waals surface area contributed by atoms with Gasteiger partial charge in [-0.2, -0.15) is 5.10 Å². The van der Waals surface area contributed by atoms with Crippen molar-refractivity contribution < 1.29 is 0 Å². The maximum absolute atomic E-state index is 4.65. The van der Waals surface area contributed by atoms with Crippen LogP contribution in [0.25, 0.3) is 0 Å². The maximum Gasteiger partial charge on any atom is 0.176 e. The van der Waals surface area contributed by atoms with Crippen molar-refractivity contribution in [3.8, 4) is 0 Å². The number of H-pyrrole nitrogens is 1. The second kappa shape index (κ2) is 5.61. The normalized spacial score (nSPS) is 8.69. The lowest BCUT2D eigenvalue weighted by Gasteiger charge is -1.82. The molecule has 0 atom stereocenters. The van der Waals surface area contributed by atoms with Gasteiger partial charge in [-0.3, -0.25) is 5.10 Å². The van der Waals surface area contributed by atoms with Crippen molar-refractivity contribution in [3.05, 3.63) is 45.4 Å². The van der Waals surface area contributed by atoms with Crippen LogP contribution in [0, 0.1) is 10.9 Å². The fraction of sp³-hybridized carbons (Fsp3) is 0.111. The average molecular weight is 210 g/mol. The Hall–Kier alpha value is -1.00. The molecule has 4 heteroatoms. The van der Waals surface area contributed by atoms with Crippen molar-refractivity contribution in [2.75, 3.05) is 0 Å². The number of rotatable bonds is 0. The molecule has 1 aromatic heterocycles. The van der Waals surface area contributed by atoms with E-state index in [-0.39, 0.29) is 0 Å². The molecule has 68 valence electrons. The van der Waals surface area contributed by atoms with Gasteiger partial charge in [0, 0.05) is 0 Å². The molecule has 1 N–H and O–H groups in total. The predicted molar refractivity (Wildman–Crippen MR) is 58.5 cm³/mol. The Balaban J connectivity index is 0.000000132. The van der Waals surface area contributed by atoms with Gasteiger partial charge in [-0.15, -0.1) is 0 Å². The van der Waals surface area contributed by atoms with Crippen LogP contribution >= 0.6 is 23.6 Å². The zero-order chi connectivity index (χ0) is 9.52. The molecule has 1 heterocycles. The molecule has 0 radical (unpaired) electrons. The lowest BCUT2D eigenvalue weighted by molar-refractivity contribution is 1.08. The van der Waals surface area contributed by atoms with Gasteiger partial charge in [0.2, 0.25) is 0 Å². The third-order valence-corrected chi connectivity index (χ3v) is 2.20. The highest BCUT2D eigenvalue weighted by Crippen LogP contribution is 1.92. The van der Waals surface area contributed by atoms with Crippen molar-refractivity contribution in [3.63, 3.8) is 0 Å². The SMILES string of the molecule is Cc1ccccc1.S=c1[nH]ncs1. The molecule has 2 aromatic rings. The first-order valence-corrected chi connectivity index (χ1v) is 5.07. The van der Waals surface area contributed by atoms with Crippen molar-refractivity contribution in [2.24, 2.45) is 0 Å². The summed E-state index contributed by atoms with van der Waals surface area (Å²) in [4.78, 5) is 0. The number of benzene rings is 1. The van der Waals surface area contributed by atoms with E-state index in [2.05, 4.69) is 41.5 Å². The lowest BCUT2D eigenvalue weighted by atomic mass is 10.2. The van der Waals surface area contributed by atoms with Gasteiger partial charge < -0.3 is 0 Å². The molecule has 0 amide bonds. The Labute approximate surface area is 86.3 Å². The Morgan fingerprint density at radius 1 is 1.31 bits per heavy atom. The molecular formula is C9H10N2S2. The Morgan fingerprint density at radius 2 is 2.00 bits per heavy atom. The predicted octanol–water partition coefficient (Wildman–Crippen LogP) is 3.20. The molecule has 1 aromatic carbocycles. The van der Waals surface area contributed by atoms with E-state index in [4.69, 9.17) is 0 Å². The lowest BCUT2D eigenvalue weighted by Crippen LogP contribution is -1.62. The number of nitrogens with one attached hydrogen (secondary N) is 1. The minimum Gasteiger partial charge on any atom is -0.258 e. The topological polar surface area (TPSA) is 28.7 Å². The summed E-state index contributed by atoms with van der Waals surface area (Å²) >= 11 is 6.07. The summed E-state index contributed by atoms with van der Waals surface area (Å²) in [7, 11) is 0. The molecular weight excluding hydrogens is 200 g/mol. The van der Waals surface area contributed by atoms with Crippen LogP contribution in [-0.4, -0.2) is 10.2 Å². The van der Waals surface area contributed by atoms with E-state index < -0.39 is 0 Å². The Bertz CT molecular complexity index is 361. The fourth-order valence-electron chi connectivity index (χ4n) is 0.714. The Morgan fingerprint density at radius 3 is 2.23 bits per heavy atom. The summed E-state index contributed by atoms with van der Waals surface area (Å²) in [6, 6.07) is 10.3. The van der Waals surface area contributed by atoms with Gasteiger partial charge in [-0.05, 0) is 19.1 Å². The van der Waals surface area contributed by atoms with E-state index in [1.54, 1.807) is 5.51 Å².